The van der Waals surface area contributed by atoms with Crippen LogP contribution in [0.5, 0.6) is 5.88 Å². The first kappa shape index (κ1) is 22.1. The molecule has 0 saturated carbocycles. The Balaban J connectivity index is 1.38. The van der Waals surface area contributed by atoms with Gasteiger partial charge in [-0.25, -0.2) is 4.98 Å². The number of methoxy groups -OCH3 is 1. The number of benzene rings is 1. The molecule has 2 N–H and O–H groups in total. The largest absolute Gasteiger partial charge is 0.475 e. The van der Waals surface area contributed by atoms with Crippen molar-refractivity contribution in [3.05, 3.63) is 59.8 Å². The maximum Gasteiger partial charge on any atom is 0.213 e. The molecule has 2 aromatic rings. The van der Waals surface area contributed by atoms with Gasteiger partial charge in [-0.05, 0) is 24.0 Å². The highest BCUT2D eigenvalue weighted by Crippen LogP contribution is 2.14. The average Bonchev–Trinajstić information content (AvgIpc) is 2.79. The molecule has 1 fully saturated rings. The SMILES string of the molecule is CN=C(NCc1ccc(OCCOC)nc1)NC1CCN(Cc2ccccc2)CC1. The molecule has 0 bridgehead atoms. The topological polar surface area (TPSA) is 71.0 Å². The van der Waals surface area contributed by atoms with E-state index in [4.69, 9.17) is 9.47 Å². The van der Waals surface area contributed by atoms with Crippen LogP contribution in [0.3, 0.4) is 0 Å². The number of guanidine groups is 1. The van der Waals surface area contributed by atoms with Crippen LogP contribution in [0.15, 0.2) is 53.7 Å². The van der Waals surface area contributed by atoms with E-state index >= 15 is 0 Å². The van der Waals surface area contributed by atoms with Gasteiger partial charge >= 0.3 is 0 Å². The third-order valence-electron chi connectivity index (χ3n) is 5.20. The number of piperidine rings is 1. The third-order valence-corrected chi connectivity index (χ3v) is 5.20. The maximum absolute atomic E-state index is 5.50. The minimum absolute atomic E-state index is 0.443. The first-order chi connectivity index (χ1) is 14.8. The summed E-state index contributed by atoms with van der Waals surface area (Å²) in [6, 6.07) is 15.0. The van der Waals surface area contributed by atoms with Crippen molar-refractivity contribution in [2.75, 3.05) is 40.5 Å². The second-order valence-corrected chi connectivity index (χ2v) is 7.45. The van der Waals surface area contributed by atoms with Crippen LogP contribution in [0.1, 0.15) is 24.0 Å². The van der Waals surface area contributed by atoms with Crippen molar-refractivity contribution in [3.8, 4) is 5.88 Å². The van der Waals surface area contributed by atoms with Crippen molar-refractivity contribution in [2.45, 2.75) is 32.0 Å². The van der Waals surface area contributed by atoms with E-state index in [9.17, 15) is 0 Å². The molecule has 0 unspecified atom stereocenters. The Hall–Kier alpha value is -2.64. The fourth-order valence-corrected chi connectivity index (χ4v) is 3.48. The Morgan fingerprint density at radius 1 is 1.10 bits per heavy atom. The van der Waals surface area contributed by atoms with E-state index in [1.807, 2.05) is 25.4 Å². The Labute approximate surface area is 179 Å². The average molecular weight is 412 g/mol. The third kappa shape index (κ3) is 7.31. The van der Waals surface area contributed by atoms with Crippen LogP contribution in [0, 0.1) is 0 Å². The van der Waals surface area contributed by atoms with Gasteiger partial charge in [0.1, 0.15) is 6.61 Å². The molecule has 7 heteroatoms. The minimum atomic E-state index is 0.443. The lowest BCUT2D eigenvalue weighted by atomic mass is 10.0. The second-order valence-electron chi connectivity index (χ2n) is 7.45. The predicted octanol–water partition coefficient (Wildman–Crippen LogP) is 2.44. The fraction of sp³-hybridized carbons (Fsp3) is 0.478. The number of nitrogens with zero attached hydrogens (tertiary/aromatic N) is 3. The molecule has 1 aliphatic rings. The van der Waals surface area contributed by atoms with Crippen molar-refractivity contribution in [3.63, 3.8) is 0 Å². The Morgan fingerprint density at radius 2 is 1.90 bits per heavy atom. The van der Waals surface area contributed by atoms with Gasteiger partial charge in [-0.3, -0.25) is 9.89 Å². The van der Waals surface area contributed by atoms with Gasteiger partial charge in [-0.2, -0.15) is 0 Å². The van der Waals surface area contributed by atoms with E-state index < -0.39 is 0 Å². The van der Waals surface area contributed by atoms with Gasteiger partial charge in [-0.15, -0.1) is 0 Å². The van der Waals surface area contributed by atoms with E-state index in [2.05, 4.69) is 55.8 Å². The van der Waals surface area contributed by atoms with Crippen molar-refractivity contribution in [1.29, 1.82) is 0 Å². The smallest absolute Gasteiger partial charge is 0.213 e. The first-order valence-electron chi connectivity index (χ1n) is 10.6. The predicted molar refractivity (Wildman–Crippen MR) is 120 cm³/mol. The molecule has 2 heterocycles. The zero-order chi connectivity index (χ0) is 21.0. The molecular weight excluding hydrogens is 378 g/mol. The lowest BCUT2D eigenvalue weighted by Crippen LogP contribution is -2.48. The molecule has 30 heavy (non-hydrogen) atoms. The molecule has 1 aromatic carbocycles. The van der Waals surface area contributed by atoms with Crippen LogP contribution in [-0.4, -0.2) is 62.3 Å². The molecule has 0 aliphatic carbocycles. The number of hydrogen-bond acceptors (Lipinski definition) is 5. The monoisotopic (exact) mass is 411 g/mol. The van der Waals surface area contributed by atoms with Gasteiger partial charge in [0, 0.05) is 58.6 Å². The molecular formula is C23H33N5O2. The summed E-state index contributed by atoms with van der Waals surface area (Å²) in [6.07, 6.45) is 4.05. The van der Waals surface area contributed by atoms with Gasteiger partial charge in [0.15, 0.2) is 5.96 Å². The number of hydrogen-bond donors (Lipinski definition) is 2. The van der Waals surface area contributed by atoms with Crippen LogP contribution < -0.4 is 15.4 Å². The van der Waals surface area contributed by atoms with Gasteiger partial charge in [0.25, 0.3) is 0 Å². The van der Waals surface area contributed by atoms with Gasteiger partial charge in [0.05, 0.1) is 6.61 Å². The highest BCUT2D eigenvalue weighted by molar-refractivity contribution is 5.79. The molecule has 1 saturated heterocycles. The quantitative estimate of drug-likeness (QED) is 0.375. The molecule has 3 rings (SSSR count). The summed E-state index contributed by atoms with van der Waals surface area (Å²) in [5.41, 5.74) is 2.46. The molecule has 162 valence electrons. The molecule has 0 amide bonds. The zero-order valence-corrected chi connectivity index (χ0v) is 18.0. The van der Waals surface area contributed by atoms with Crippen LogP contribution in [0.2, 0.25) is 0 Å². The van der Waals surface area contributed by atoms with Crippen LogP contribution >= 0.6 is 0 Å². The van der Waals surface area contributed by atoms with Crippen LogP contribution in [-0.2, 0) is 17.8 Å². The summed E-state index contributed by atoms with van der Waals surface area (Å²) in [6.45, 7) is 4.94. The highest BCUT2D eigenvalue weighted by Gasteiger charge is 2.20. The van der Waals surface area contributed by atoms with E-state index in [1.54, 1.807) is 7.11 Å². The fourth-order valence-electron chi connectivity index (χ4n) is 3.48. The molecule has 7 nitrogen and oxygen atoms in total. The number of ether oxygens (including phenoxy) is 2. The summed E-state index contributed by atoms with van der Waals surface area (Å²) in [7, 11) is 3.46. The Kier molecular flexibility index (Phi) is 8.93. The summed E-state index contributed by atoms with van der Waals surface area (Å²) in [5.74, 6) is 1.44. The normalized spacial score (nSPS) is 15.7. The van der Waals surface area contributed by atoms with Crippen molar-refractivity contribution in [1.82, 2.24) is 20.5 Å². The Bertz CT molecular complexity index is 759. The maximum atomic E-state index is 5.50. The summed E-state index contributed by atoms with van der Waals surface area (Å²) in [4.78, 5) is 11.2. The van der Waals surface area contributed by atoms with Gasteiger partial charge in [-0.1, -0.05) is 36.4 Å². The summed E-state index contributed by atoms with van der Waals surface area (Å²) < 4.78 is 10.5. The second kappa shape index (κ2) is 12.1. The highest BCUT2D eigenvalue weighted by atomic mass is 16.5. The van der Waals surface area contributed by atoms with Crippen molar-refractivity contribution >= 4 is 5.96 Å². The standard InChI is InChI=1S/C23H33N5O2/c1-24-23(26-17-20-8-9-22(25-16-20)30-15-14-29-2)27-21-10-12-28(13-11-21)18-19-6-4-3-5-7-19/h3-9,16,21H,10-15,17-18H2,1-2H3,(H2,24,26,27). The number of pyridine rings is 1. The number of likely N-dealkylation sites (tertiary alicyclic amines) is 1. The number of nitrogens with one attached hydrogen (secondary N) is 2. The molecule has 0 atom stereocenters. The van der Waals surface area contributed by atoms with Crippen molar-refractivity contribution in [2.24, 2.45) is 4.99 Å². The number of aromatic nitrogens is 1. The molecule has 1 aliphatic heterocycles. The van der Waals surface area contributed by atoms with Gasteiger partial charge in [0.2, 0.25) is 5.88 Å². The summed E-state index contributed by atoms with van der Waals surface area (Å²) >= 11 is 0. The van der Waals surface area contributed by atoms with E-state index in [1.165, 1.54) is 5.56 Å². The lowest BCUT2D eigenvalue weighted by Gasteiger charge is -2.33. The van der Waals surface area contributed by atoms with E-state index in [-0.39, 0.29) is 0 Å². The number of rotatable bonds is 9. The molecule has 0 radical (unpaired) electrons. The van der Waals surface area contributed by atoms with Crippen molar-refractivity contribution < 1.29 is 9.47 Å². The number of aliphatic imine (C=N–C) groups is 1. The first-order valence-corrected chi connectivity index (χ1v) is 10.6. The molecule has 1 aromatic heterocycles. The van der Waals surface area contributed by atoms with Crippen LogP contribution in [0.25, 0.3) is 0 Å². The van der Waals surface area contributed by atoms with Crippen LogP contribution in [0.4, 0.5) is 0 Å². The van der Waals surface area contributed by atoms with E-state index in [0.717, 1.165) is 44.0 Å². The van der Waals surface area contributed by atoms with E-state index in [0.29, 0.717) is 31.7 Å². The lowest BCUT2D eigenvalue weighted by molar-refractivity contribution is 0.143. The minimum Gasteiger partial charge on any atom is -0.475 e. The zero-order valence-electron chi connectivity index (χ0n) is 18.0. The van der Waals surface area contributed by atoms with Gasteiger partial charge < -0.3 is 20.1 Å². The molecule has 0 spiro atoms. The Morgan fingerprint density at radius 3 is 2.57 bits per heavy atom. The summed E-state index contributed by atoms with van der Waals surface area (Å²) in [5, 5.41) is 6.94.